The molecule has 2 aromatic rings. The average molecular weight is 401 g/mol. The van der Waals surface area contributed by atoms with Gasteiger partial charge >= 0.3 is 0 Å². The van der Waals surface area contributed by atoms with E-state index in [9.17, 15) is 13.2 Å². The first-order chi connectivity index (χ1) is 13.2. The molecule has 2 aliphatic rings. The van der Waals surface area contributed by atoms with E-state index in [1.807, 2.05) is 13.8 Å². The zero-order chi connectivity index (χ0) is 20.1. The quantitative estimate of drug-likeness (QED) is 0.730. The number of ether oxygens (including phenoxy) is 1. The maximum Gasteiger partial charge on any atom is 0.254 e. The first-order valence-corrected chi connectivity index (χ1v) is 10.6. The molecule has 0 bridgehead atoms. The number of sulfonamides is 1. The summed E-state index contributed by atoms with van der Waals surface area (Å²) in [7, 11) is -2.07. The minimum absolute atomic E-state index is 0.0860. The number of likely N-dealkylation sites (N-methyl/N-ethyl adjacent to an activating group) is 1. The van der Waals surface area contributed by atoms with Gasteiger partial charge in [-0.1, -0.05) is 12.1 Å². The molecule has 0 radical (unpaired) electrons. The Hall–Kier alpha value is -2.45. The van der Waals surface area contributed by atoms with Crippen LogP contribution in [0.5, 0.6) is 5.75 Å². The lowest BCUT2D eigenvalue weighted by Gasteiger charge is -2.30. The normalized spacial score (nSPS) is 23.9. The minimum Gasteiger partial charge on any atom is -0.483 e. The van der Waals surface area contributed by atoms with Gasteiger partial charge in [-0.2, -0.15) is 4.31 Å². The summed E-state index contributed by atoms with van der Waals surface area (Å²) in [6.45, 7) is 4.76. The summed E-state index contributed by atoms with van der Waals surface area (Å²) < 4.78 is 33.2. The van der Waals surface area contributed by atoms with Gasteiger partial charge in [0.15, 0.2) is 0 Å². The third kappa shape index (κ3) is 3.16. The second kappa shape index (κ2) is 6.56. The van der Waals surface area contributed by atoms with Crippen LogP contribution in [0.25, 0.3) is 0 Å². The molecule has 28 heavy (non-hydrogen) atoms. The molecule has 1 atom stereocenters. The van der Waals surface area contributed by atoms with Crippen molar-refractivity contribution in [2.75, 3.05) is 26.7 Å². The highest BCUT2D eigenvalue weighted by Crippen LogP contribution is 2.38. The molecule has 0 aliphatic carbocycles. The Morgan fingerprint density at radius 3 is 2.54 bits per heavy atom. The zero-order valence-electron chi connectivity index (χ0n) is 16.2. The summed E-state index contributed by atoms with van der Waals surface area (Å²) in [5, 5.41) is 0. The third-order valence-corrected chi connectivity index (χ3v) is 7.15. The van der Waals surface area contributed by atoms with Crippen LogP contribution in [0.1, 0.15) is 28.2 Å². The van der Waals surface area contributed by atoms with Gasteiger partial charge < -0.3 is 9.64 Å². The van der Waals surface area contributed by atoms with Crippen molar-refractivity contribution in [1.82, 2.24) is 14.2 Å². The number of pyridine rings is 1. The molecule has 1 aromatic heterocycles. The maximum atomic E-state index is 13.0. The van der Waals surface area contributed by atoms with Gasteiger partial charge in [0.1, 0.15) is 16.2 Å². The summed E-state index contributed by atoms with van der Waals surface area (Å²) in [6.07, 6.45) is 0.565. The Morgan fingerprint density at radius 1 is 1.14 bits per heavy atom. The summed E-state index contributed by atoms with van der Waals surface area (Å²) >= 11 is 0. The molecule has 8 heteroatoms. The molecule has 1 spiro atoms. The molecule has 2 aliphatic heterocycles. The van der Waals surface area contributed by atoms with Crippen LogP contribution >= 0.6 is 0 Å². The van der Waals surface area contributed by atoms with E-state index in [0.717, 1.165) is 11.4 Å². The topological polar surface area (TPSA) is 79.8 Å². The van der Waals surface area contributed by atoms with Crippen molar-refractivity contribution in [3.8, 4) is 5.75 Å². The number of hydrogen-bond donors (Lipinski definition) is 0. The lowest BCUT2D eigenvalue weighted by atomic mass is 10.0. The number of likely N-dealkylation sites (tertiary alicyclic amines) is 1. The smallest absolute Gasteiger partial charge is 0.254 e. The number of aryl methyl sites for hydroxylation is 2. The SMILES string of the molecule is Cc1cc(C(=O)N2CC[C@@]3(C2)CN(C)S(=O)(=O)c2ccccc2O3)cc(C)n1. The van der Waals surface area contributed by atoms with Crippen LogP contribution in [0.4, 0.5) is 0 Å². The Labute approximate surface area is 165 Å². The lowest BCUT2D eigenvalue weighted by molar-refractivity contribution is 0.0544. The number of hydrogen-bond acceptors (Lipinski definition) is 5. The van der Waals surface area contributed by atoms with E-state index in [4.69, 9.17) is 4.74 Å². The third-order valence-electron chi connectivity index (χ3n) is 5.31. The van der Waals surface area contributed by atoms with Crippen LogP contribution in [-0.2, 0) is 10.0 Å². The first kappa shape index (κ1) is 18.9. The Morgan fingerprint density at radius 2 is 1.82 bits per heavy atom. The fourth-order valence-electron chi connectivity index (χ4n) is 4.04. The summed E-state index contributed by atoms with van der Waals surface area (Å²) in [5.74, 6) is 0.258. The van der Waals surface area contributed by atoms with Gasteiger partial charge in [-0.3, -0.25) is 9.78 Å². The molecule has 1 saturated heterocycles. The van der Waals surface area contributed by atoms with Gasteiger partial charge in [0.25, 0.3) is 5.91 Å². The van der Waals surface area contributed by atoms with Crippen LogP contribution in [0.15, 0.2) is 41.3 Å². The van der Waals surface area contributed by atoms with Gasteiger partial charge in [-0.05, 0) is 38.1 Å². The minimum atomic E-state index is -3.63. The predicted octanol–water partition coefficient (Wildman–Crippen LogP) is 2.00. The number of carbonyl (C=O) groups is 1. The van der Waals surface area contributed by atoms with E-state index in [2.05, 4.69) is 4.98 Å². The number of rotatable bonds is 1. The van der Waals surface area contributed by atoms with Crippen LogP contribution in [0.3, 0.4) is 0 Å². The monoisotopic (exact) mass is 401 g/mol. The molecular formula is C20H23N3O4S. The molecule has 1 aromatic carbocycles. The molecule has 148 valence electrons. The highest BCUT2D eigenvalue weighted by molar-refractivity contribution is 7.89. The molecule has 0 N–H and O–H groups in total. The van der Waals surface area contributed by atoms with Crippen molar-refractivity contribution in [3.05, 3.63) is 53.3 Å². The van der Waals surface area contributed by atoms with Crippen LogP contribution in [0, 0.1) is 13.8 Å². The molecule has 1 fully saturated rings. The highest BCUT2D eigenvalue weighted by Gasteiger charge is 2.47. The fraction of sp³-hybridized carbons (Fsp3) is 0.400. The first-order valence-electron chi connectivity index (χ1n) is 9.19. The van der Waals surface area contributed by atoms with Crippen molar-refractivity contribution in [2.24, 2.45) is 0 Å². The second-order valence-electron chi connectivity index (χ2n) is 7.61. The second-order valence-corrected chi connectivity index (χ2v) is 9.62. The maximum absolute atomic E-state index is 13.0. The van der Waals surface area contributed by atoms with E-state index in [-0.39, 0.29) is 17.3 Å². The van der Waals surface area contributed by atoms with Crippen LogP contribution < -0.4 is 4.74 Å². The predicted molar refractivity (Wildman–Crippen MR) is 104 cm³/mol. The number of carbonyl (C=O) groups excluding carboxylic acids is 1. The van der Waals surface area contributed by atoms with Gasteiger partial charge in [-0.25, -0.2) is 8.42 Å². The highest BCUT2D eigenvalue weighted by atomic mass is 32.2. The van der Waals surface area contributed by atoms with Crippen molar-refractivity contribution >= 4 is 15.9 Å². The van der Waals surface area contributed by atoms with Gasteiger partial charge in [-0.15, -0.1) is 0 Å². The number of nitrogens with zero attached hydrogens (tertiary/aromatic N) is 3. The molecule has 0 saturated carbocycles. The zero-order valence-corrected chi connectivity index (χ0v) is 17.0. The number of amides is 1. The van der Waals surface area contributed by atoms with Crippen molar-refractivity contribution < 1.29 is 17.9 Å². The van der Waals surface area contributed by atoms with E-state index < -0.39 is 15.6 Å². The Kier molecular flexibility index (Phi) is 4.43. The Balaban J connectivity index is 1.65. The molecule has 3 heterocycles. The van der Waals surface area contributed by atoms with Gasteiger partial charge in [0.2, 0.25) is 10.0 Å². The number of fused-ring (bicyclic) bond motifs is 1. The van der Waals surface area contributed by atoms with Crippen molar-refractivity contribution in [1.29, 1.82) is 0 Å². The standard InChI is InChI=1S/C20H23N3O4S/c1-14-10-16(11-15(2)21-14)19(24)23-9-8-20(13-23)12-22(3)28(25,26)18-7-5-4-6-17(18)27-20/h4-7,10-11H,8-9,12-13H2,1-3H3/t20-/m0/s1. The van der Waals surface area contributed by atoms with E-state index >= 15 is 0 Å². The van der Waals surface area contributed by atoms with E-state index in [0.29, 0.717) is 30.8 Å². The van der Waals surface area contributed by atoms with Crippen LogP contribution in [0.2, 0.25) is 0 Å². The number of para-hydroxylation sites is 1. The van der Waals surface area contributed by atoms with Crippen molar-refractivity contribution in [3.63, 3.8) is 0 Å². The van der Waals surface area contributed by atoms with E-state index in [1.165, 1.54) is 4.31 Å². The molecular weight excluding hydrogens is 378 g/mol. The Bertz CT molecular complexity index is 1030. The van der Waals surface area contributed by atoms with Gasteiger partial charge in [0, 0.05) is 37.0 Å². The number of aromatic nitrogens is 1. The molecule has 4 rings (SSSR count). The summed E-state index contributed by atoms with van der Waals surface area (Å²) in [6, 6.07) is 10.2. The van der Waals surface area contributed by atoms with Crippen molar-refractivity contribution in [2.45, 2.75) is 30.8 Å². The number of benzene rings is 1. The summed E-state index contributed by atoms with van der Waals surface area (Å²) in [5.41, 5.74) is 1.42. The summed E-state index contributed by atoms with van der Waals surface area (Å²) in [4.78, 5) is 19.3. The molecule has 0 unspecified atom stereocenters. The molecule has 1 amide bonds. The van der Waals surface area contributed by atoms with Gasteiger partial charge in [0.05, 0.1) is 13.1 Å². The average Bonchev–Trinajstić information content (AvgIpc) is 3.00. The van der Waals surface area contributed by atoms with Crippen LogP contribution in [-0.4, -0.2) is 60.8 Å². The fourth-order valence-corrected chi connectivity index (χ4v) is 5.40. The van der Waals surface area contributed by atoms with E-state index in [1.54, 1.807) is 48.3 Å². The lowest BCUT2D eigenvalue weighted by Crippen LogP contribution is -2.48. The largest absolute Gasteiger partial charge is 0.483 e. The molecule has 7 nitrogen and oxygen atoms in total.